The number of hydrogen-bond acceptors (Lipinski definition) is 3. The molecule has 4 nitrogen and oxygen atoms in total. The standard InChI is InChI=1S/C6H10NO3/c1-5(8)10-4-2-3-6(7)9/h7H,2-4H2,1H3. The van der Waals surface area contributed by atoms with Gasteiger partial charge < -0.3 is 4.74 Å². The number of rotatable bonds is 4. The maximum Gasteiger partial charge on any atom is 0.302 e. The van der Waals surface area contributed by atoms with Crippen molar-refractivity contribution in [3.63, 3.8) is 0 Å². The first-order valence-corrected chi connectivity index (χ1v) is 3.00. The summed E-state index contributed by atoms with van der Waals surface area (Å²) in [5, 5.41) is 0. The molecule has 0 aliphatic carbocycles. The lowest BCUT2D eigenvalue weighted by Crippen LogP contribution is -2.04. The molecule has 0 fully saturated rings. The van der Waals surface area contributed by atoms with Gasteiger partial charge in [0, 0.05) is 13.3 Å². The second kappa shape index (κ2) is 4.78. The summed E-state index contributed by atoms with van der Waals surface area (Å²) in [7, 11) is 0. The van der Waals surface area contributed by atoms with Gasteiger partial charge in [0.25, 0.3) is 0 Å². The van der Waals surface area contributed by atoms with E-state index in [9.17, 15) is 9.59 Å². The number of carbonyl (C=O) groups excluding carboxylic acids is 2. The van der Waals surface area contributed by atoms with Gasteiger partial charge in [0.15, 0.2) is 0 Å². The molecule has 4 heteroatoms. The maximum atomic E-state index is 10.1. The summed E-state index contributed by atoms with van der Waals surface area (Å²) in [5.74, 6) is -0.968. The van der Waals surface area contributed by atoms with Crippen molar-refractivity contribution in [2.45, 2.75) is 19.8 Å². The van der Waals surface area contributed by atoms with E-state index in [1.807, 2.05) is 0 Å². The Kier molecular flexibility index (Phi) is 4.28. The predicted molar refractivity (Wildman–Crippen MR) is 34.0 cm³/mol. The fourth-order valence-electron chi connectivity index (χ4n) is 0.449. The third-order valence-corrected chi connectivity index (χ3v) is 0.854. The van der Waals surface area contributed by atoms with Gasteiger partial charge in [-0.1, -0.05) is 0 Å². The fourth-order valence-corrected chi connectivity index (χ4v) is 0.449. The zero-order chi connectivity index (χ0) is 7.98. The lowest BCUT2D eigenvalue weighted by atomic mass is 10.3. The van der Waals surface area contributed by atoms with Crippen LogP contribution in [0.4, 0.5) is 0 Å². The third-order valence-electron chi connectivity index (χ3n) is 0.854. The van der Waals surface area contributed by atoms with E-state index in [1.165, 1.54) is 6.92 Å². The van der Waals surface area contributed by atoms with Crippen LogP contribution in [0.5, 0.6) is 0 Å². The molecular weight excluding hydrogens is 134 g/mol. The number of esters is 1. The first kappa shape index (κ1) is 8.94. The summed E-state index contributed by atoms with van der Waals surface area (Å²) < 4.78 is 4.52. The Bertz CT molecular complexity index is 117. The van der Waals surface area contributed by atoms with Crippen molar-refractivity contribution in [2.75, 3.05) is 6.61 Å². The van der Waals surface area contributed by atoms with Gasteiger partial charge in [-0.2, -0.15) is 0 Å². The highest BCUT2D eigenvalue weighted by atomic mass is 16.5. The number of hydrogen-bond donors (Lipinski definition) is 0. The van der Waals surface area contributed by atoms with Crippen LogP contribution in [-0.2, 0) is 14.3 Å². The molecule has 0 aliphatic heterocycles. The zero-order valence-electron chi connectivity index (χ0n) is 5.85. The largest absolute Gasteiger partial charge is 0.466 e. The van der Waals surface area contributed by atoms with E-state index in [2.05, 4.69) is 4.74 Å². The molecule has 0 aromatic carbocycles. The predicted octanol–water partition coefficient (Wildman–Crippen LogP) is 0.139. The fraction of sp³-hybridized carbons (Fsp3) is 0.667. The molecule has 0 bridgehead atoms. The van der Waals surface area contributed by atoms with Crippen LogP contribution >= 0.6 is 0 Å². The molecule has 0 rings (SSSR count). The molecule has 0 aromatic rings. The molecular formula is C6H10NO3. The monoisotopic (exact) mass is 144 g/mol. The molecule has 0 saturated carbocycles. The second-order valence-corrected chi connectivity index (χ2v) is 1.87. The highest BCUT2D eigenvalue weighted by molar-refractivity contribution is 5.72. The molecule has 10 heavy (non-hydrogen) atoms. The minimum absolute atomic E-state index is 0.160. The number of carbonyl (C=O) groups is 2. The normalized spacial score (nSPS) is 8.90. The van der Waals surface area contributed by atoms with E-state index in [-0.39, 0.29) is 19.0 Å². The minimum Gasteiger partial charge on any atom is -0.466 e. The van der Waals surface area contributed by atoms with E-state index >= 15 is 0 Å². The SMILES string of the molecule is CC(=O)OCCCC([NH])=O. The van der Waals surface area contributed by atoms with Gasteiger partial charge in [-0.25, -0.2) is 0 Å². The number of ether oxygens (including phenoxy) is 1. The van der Waals surface area contributed by atoms with Gasteiger partial charge >= 0.3 is 5.97 Å². The van der Waals surface area contributed by atoms with Crippen molar-refractivity contribution in [2.24, 2.45) is 0 Å². The van der Waals surface area contributed by atoms with Crippen molar-refractivity contribution < 1.29 is 14.3 Å². The lowest BCUT2D eigenvalue weighted by molar-refractivity contribution is -0.141. The first-order valence-electron chi connectivity index (χ1n) is 3.00. The molecule has 0 saturated heterocycles. The highest BCUT2D eigenvalue weighted by Crippen LogP contribution is 1.89. The van der Waals surface area contributed by atoms with Crippen molar-refractivity contribution in [3.8, 4) is 0 Å². The van der Waals surface area contributed by atoms with Crippen molar-refractivity contribution in [3.05, 3.63) is 0 Å². The van der Waals surface area contributed by atoms with E-state index in [1.54, 1.807) is 0 Å². The van der Waals surface area contributed by atoms with Crippen LogP contribution in [0.25, 0.3) is 0 Å². The number of nitrogens with one attached hydrogen (secondary N) is 1. The summed E-state index contributed by atoms with van der Waals surface area (Å²) in [4.78, 5) is 20.1. The molecule has 1 radical (unpaired) electrons. The molecule has 0 heterocycles. The van der Waals surface area contributed by atoms with Crippen LogP contribution in [0, 0.1) is 0 Å². The van der Waals surface area contributed by atoms with Crippen LogP contribution in [0.2, 0.25) is 0 Å². The second-order valence-electron chi connectivity index (χ2n) is 1.87. The molecule has 0 aromatic heterocycles. The van der Waals surface area contributed by atoms with Crippen LogP contribution in [0.1, 0.15) is 19.8 Å². The highest BCUT2D eigenvalue weighted by Gasteiger charge is 1.96. The first-order chi connectivity index (χ1) is 4.63. The van der Waals surface area contributed by atoms with Gasteiger partial charge in [0.1, 0.15) is 0 Å². The van der Waals surface area contributed by atoms with Crippen LogP contribution in [0.3, 0.4) is 0 Å². The van der Waals surface area contributed by atoms with Gasteiger partial charge in [0.05, 0.1) is 6.61 Å². The molecule has 57 valence electrons. The Morgan fingerprint density at radius 3 is 2.50 bits per heavy atom. The van der Waals surface area contributed by atoms with Crippen LogP contribution < -0.4 is 5.73 Å². The molecule has 1 N–H and O–H groups in total. The Morgan fingerprint density at radius 1 is 1.50 bits per heavy atom. The summed E-state index contributed by atoms with van der Waals surface area (Å²) >= 11 is 0. The Labute approximate surface area is 59.3 Å². The van der Waals surface area contributed by atoms with E-state index in [0.717, 1.165) is 0 Å². The summed E-state index contributed by atoms with van der Waals surface area (Å²) in [5.41, 5.74) is 6.48. The maximum absolute atomic E-state index is 10.1. The summed E-state index contributed by atoms with van der Waals surface area (Å²) in [6, 6.07) is 0. The molecule has 0 spiro atoms. The summed E-state index contributed by atoms with van der Waals surface area (Å²) in [6.45, 7) is 1.54. The summed E-state index contributed by atoms with van der Waals surface area (Å²) in [6.07, 6.45) is 0.606. The molecule has 1 amide bonds. The molecule has 0 unspecified atom stereocenters. The van der Waals surface area contributed by atoms with Crippen molar-refractivity contribution in [1.82, 2.24) is 5.73 Å². The van der Waals surface area contributed by atoms with Gasteiger partial charge in [0.2, 0.25) is 5.91 Å². The quantitative estimate of drug-likeness (QED) is 0.416. The zero-order valence-corrected chi connectivity index (χ0v) is 5.85. The number of amides is 1. The minimum atomic E-state index is -0.618. The average Bonchev–Trinajstić information content (AvgIpc) is 1.79. The topological polar surface area (TPSA) is 67.2 Å². The van der Waals surface area contributed by atoms with Crippen LogP contribution in [-0.4, -0.2) is 18.5 Å². The van der Waals surface area contributed by atoms with E-state index < -0.39 is 5.91 Å². The molecule has 0 atom stereocenters. The Morgan fingerprint density at radius 2 is 2.10 bits per heavy atom. The van der Waals surface area contributed by atoms with E-state index in [4.69, 9.17) is 5.73 Å². The lowest BCUT2D eigenvalue weighted by Gasteiger charge is -1.97. The van der Waals surface area contributed by atoms with E-state index in [0.29, 0.717) is 6.42 Å². The smallest absolute Gasteiger partial charge is 0.302 e. The van der Waals surface area contributed by atoms with Crippen LogP contribution in [0.15, 0.2) is 0 Å². The van der Waals surface area contributed by atoms with Gasteiger partial charge in [-0.05, 0) is 6.42 Å². The van der Waals surface area contributed by atoms with Crippen molar-refractivity contribution >= 4 is 11.9 Å². The Balaban J connectivity index is 3.06. The Hall–Kier alpha value is -1.06. The van der Waals surface area contributed by atoms with Crippen molar-refractivity contribution in [1.29, 1.82) is 0 Å². The molecule has 0 aliphatic rings. The van der Waals surface area contributed by atoms with Gasteiger partial charge in [-0.15, -0.1) is 0 Å². The average molecular weight is 144 g/mol. The third kappa shape index (κ3) is 6.94. The van der Waals surface area contributed by atoms with Gasteiger partial charge in [-0.3, -0.25) is 15.3 Å².